The van der Waals surface area contributed by atoms with Gasteiger partial charge in [0, 0.05) is 6.42 Å². The number of hydrogen-bond acceptors (Lipinski definition) is 6. The number of rotatable bonds is 3. The molecular formula is C16H21N5O3. The molecule has 3 rings (SSSR count). The van der Waals surface area contributed by atoms with Crippen molar-refractivity contribution in [2.45, 2.75) is 52.6 Å². The molecule has 0 bridgehead atoms. The zero-order valence-electron chi connectivity index (χ0n) is 14.4. The van der Waals surface area contributed by atoms with Gasteiger partial charge in [-0.25, -0.2) is 14.3 Å². The summed E-state index contributed by atoms with van der Waals surface area (Å²) in [4.78, 5) is 33.6. The normalized spacial score (nSPS) is 16.8. The van der Waals surface area contributed by atoms with Crippen LogP contribution in [-0.4, -0.2) is 37.4 Å². The monoisotopic (exact) mass is 331 g/mol. The summed E-state index contributed by atoms with van der Waals surface area (Å²) < 4.78 is 7.64. The summed E-state index contributed by atoms with van der Waals surface area (Å²) in [5.74, 6) is 0.218. The molecule has 24 heavy (non-hydrogen) atoms. The van der Waals surface area contributed by atoms with E-state index in [-0.39, 0.29) is 12.2 Å². The van der Waals surface area contributed by atoms with Crippen molar-refractivity contribution in [1.29, 1.82) is 0 Å². The van der Waals surface area contributed by atoms with Crippen LogP contribution < -0.4 is 5.69 Å². The topological polar surface area (TPSA) is 91.9 Å². The van der Waals surface area contributed by atoms with Crippen molar-refractivity contribution in [3.63, 3.8) is 0 Å². The second-order valence-corrected chi connectivity index (χ2v) is 6.08. The van der Waals surface area contributed by atoms with Gasteiger partial charge in [0.15, 0.2) is 0 Å². The van der Waals surface area contributed by atoms with Crippen molar-refractivity contribution in [2.24, 2.45) is 0 Å². The number of methoxy groups -OCH3 is 1. The molecule has 0 fully saturated rings. The standard InChI is InChI=1S/C16H21N5O3/c1-9-10(2)18-12(11(3)17-9)8-20-16(23)21-13(15(22)24-4)6-5-7-14(21)19-20/h13H,5-8H2,1-4H3/t13-/m1/s1. The van der Waals surface area contributed by atoms with E-state index in [4.69, 9.17) is 4.74 Å². The highest BCUT2D eigenvalue weighted by Crippen LogP contribution is 2.23. The highest BCUT2D eigenvalue weighted by Gasteiger charge is 2.31. The van der Waals surface area contributed by atoms with E-state index >= 15 is 0 Å². The fourth-order valence-electron chi connectivity index (χ4n) is 3.05. The third kappa shape index (κ3) is 2.72. The summed E-state index contributed by atoms with van der Waals surface area (Å²) in [7, 11) is 1.33. The van der Waals surface area contributed by atoms with Crippen molar-refractivity contribution in [3.8, 4) is 0 Å². The Hall–Kier alpha value is -2.51. The molecule has 0 amide bonds. The summed E-state index contributed by atoms with van der Waals surface area (Å²) in [6, 6.07) is -0.591. The Morgan fingerprint density at radius 2 is 1.92 bits per heavy atom. The van der Waals surface area contributed by atoms with E-state index in [2.05, 4.69) is 15.1 Å². The van der Waals surface area contributed by atoms with Crippen LogP contribution in [0.1, 0.15) is 47.5 Å². The lowest BCUT2D eigenvalue weighted by atomic mass is 10.1. The Morgan fingerprint density at radius 3 is 2.62 bits per heavy atom. The number of hydrogen-bond donors (Lipinski definition) is 0. The average Bonchev–Trinajstić information content (AvgIpc) is 2.88. The molecule has 0 aromatic carbocycles. The Balaban J connectivity index is 2.00. The fraction of sp³-hybridized carbons (Fsp3) is 0.562. The first kappa shape index (κ1) is 16.4. The Bertz CT molecular complexity index is 852. The molecule has 0 spiro atoms. The van der Waals surface area contributed by atoms with E-state index < -0.39 is 12.0 Å². The van der Waals surface area contributed by atoms with E-state index in [0.29, 0.717) is 24.4 Å². The zero-order chi connectivity index (χ0) is 17.4. The van der Waals surface area contributed by atoms with E-state index in [9.17, 15) is 9.59 Å². The van der Waals surface area contributed by atoms with Gasteiger partial charge in [0.2, 0.25) is 0 Å². The second kappa shape index (κ2) is 6.18. The second-order valence-electron chi connectivity index (χ2n) is 6.08. The van der Waals surface area contributed by atoms with Crippen molar-refractivity contribution < 1.29 is 9.53 Å². The first-order valence-electron chi connectivity index (χ1n) is 7.99. The van der Waals surface area contributed by atoms with Crippen LogP contribution in [-0.2, 0) is 22.5 Å². The number of ether oxygens (including phenoxy) is 1. The average molecular weight is 331 g/mol. The summed E-state index contributed by atoms with van der Waals surface area (Å²) in [6.45, 7) is 5.90. The summed E-state index contributed by atoms with van der Waals surface area (Å²) in [6.07, 6.45) is 2.07. The smallest absolute Gasteiger partial charge is 0.347 e. The highest BCUT2D eigenvalue weighted by molar-refractivity contribution is 5.74. The number of nitrogens with zero attached hydrogens (tertiary/aromatic N) is 5. The van der Waals surface area contributed by atoms with Gasteiger partial charge in [-0.2, -0.15) is 5.10 Å². The molecule has 0 saturated carbocycles. The van der Waals surface area contributed by atoms with Crippen LogP contribution in [0.4, 0.5) is 0 Å². The van der Waals surface area contributed by atoms with Crippen molar-refractivity contribution in [3.05, 3.63) is 39.1 Å². The highest BCUT2D eigenvalue weighted by atomic mass is 16.5. The van der Waals surface area contributed by atoms with Gasteiger partial charge in [-0.3, -0.25) is 14.5 Å². The molecule has 2 aromatic rings. The molecule has 0 aliphatic carbocycles. The minimum Gasteiger partial charge on any atom is -0.467 e. The van der Waals surface area contributed by atoms with Gasteiger partial charge in [-0.15, -0.1) is 0 Å². The van der Waals surface area contributed by atoms with E-state index in [1.54, 1.807) is 0 Å². The predicted molar refractivity (Wildman–Crippen MR) is 85.8 cm³/mol. The van der Waals surface area contributed by atoms with Crippen LogP contribution in [0.25, 0.3) is 0 Å². The number of aryl methyl sites for hydroxylation is 4. The maximum atomic E-state index is 12.7. The Morgan fingerprint density at radius 1 is 1.21 bits per heavy atom. The SMILES string of the molecule is COC(=O)[C@H]1CCCc2nn(Cc3nc(C)c(C)nc3C)c(=O)n21. The number of carbonyl (C=O) groups excluding carboxylic acids is 1. The maximum Gasteiger partial charge on any atom is 0.347 e. The first-order chi connectivity index (χ1) is 11.4. The summed E-state index contributed by atoms with van der Waals surface area (Å²) in [5.41, 5.74) is 2.89. The molecule has 8 heteroatoms. The van der Waals surface area contributed by atoms with Crippen molar-refractivity contribution in [1.82, 2.24) is 24.3 Å². The largest absolute Gasteiger partial charge is 0.467 e. The molecule has 128 valence electrons. The zero-order valence-corrected chi connectivity index (χ0v) is 14.4. The molecule has 1 aliphatic heterocycles. The van der Waals surface area contributed by atoms with Gasteiger partial charge < -0.3 is 4.74 Å². The van der Waals surface area contributed by atoms with Crippen LogP contribution in [0.2, 0.25) is 0 Å². The molecule has 8 nitrogen and oxygen atoms in total. The van der Waals surface area contributed by atoms with Crippen LogP contribution in [0.3, 0.4) is 0 Å². The number of fused-ring (bicyclic) bond motifs is 1. The van der Waals surface area contributed by atoms with Crippen LogP contribution in [0.5, 0.6) is 0 Å². The minimum atomic E-state index is -0.591. The quantitative estimate of drug-likeness (QED) is 0.775. The van der Waals surface area contributed by atoms with Gasteiger partial charge in [-0.05, 0) is 33.6 Å². The number of aromatic nitrogens is 5. The lowest BCUT2D eigenvalue weighted by molar-refractivity contribution is -0.145. The molecular weight excluding hydrogens is 310 g/mol. The summed E-state index contributed by atoms with van der Waals surface area (Å²) in [5, 5.41) is 4.40. The molecule has 0 radical (unpaired) electrons. The van der Waals surface area contributed by atoms with Gasteiger partial charge in [0.25, 0.3) is 0 Å². The fourth-order valence-corrected chi connectivity index (χ4v) is 3.05. The van der Waals surface area contributed by atoms with E-state index in [1.165, 1.54) is 16.4 Å². The number of esters is 1. The molecule has 1 aliphatic rings. The van der Waals surface area contributed by atoms with Gasteiger partial charge in [-0.1, -0.05) is 0 Å². The third-order valence-electron chi connectivity index (χ3n) is 4.48. The summed E-state index contributed by atoms with van der Waals surface area (Å²) >= 11 is 0. The van der Waals surface area contributed by atoms with Crippen molar-refractivity contribution >= 4 is 5.97 Å². The number of carbonyl (C=O) groups is 1. The van der Waals surface area contributed by atoms with Crippen molar-refractivity contribution in [2.75, 3.05) is 7.11 Å². The van der Waals surface area contributed by atoms with E-state index in [0.717, 1.165) is 23.5 Å². The molecule has 1 atom stereocenters. The Labute approximate surface area is 139 Å². The third-order valence-corrected chi connectivity index (χ3v) is 4.48. The lowest BCUT2D eigenvalue weighted by Crippen LogP contribution is -2.35. The van der Waals surface area contributed by atoms with E-state index in [1.807, 2.05) is 20.8 Å². The van der Waals surface area contributed by atoms with Crippen LogP contribution in [0, 0.1) is 20.8 Å². The first-order valence-corrected chi connectivity index (χ1v) is 7.99. The lowest BCUT2D eigenvalue weighted by Gasteiger charge is -2.20. The molecule has 0 saturated heterocycles. The molecule has 0 unspecified atom stereocenters. The minimum absolute atomic E-state index is 0.243. The maximum absolute atomic E-state index is 12.7. The molecule has 3 heterocycles. The van der Waals surface area contributed by atoms with Gasteiger partial charge in [0.1, 0.15) is 11.9 Å². The predicted octanol–water partition coefficient (Wildman–Crippen LogP) is 0.859. The van der Waals surface area contributed by atoms with Crippen LogP contribution >= 0.6 is 0 Å². The molecule has 2 aromatic heterocycles. The molecule has 0 N–H and O–H groups in total. The Kier molecular flexibility index (Phi) is 4.21. The van der Waals surface area contributed by atoms with Crippen LogP contribution in [0.15, 0.2) is 4.79 Å². The van der Waals surface area contributed by atoms with Gasteiger partial charge in [0.05, 0.1) is 36.4 Å². The van der Waals surface area contributed by atoms with Gasteiger partial charge >= 0.3 is 11.7 Å².